The number of ether oxygens (including phenoxy) is 3. The lowest BCUT2D eigenvalue weighted by Crippen LogP contribution is -2.46. The number of benzene rings is 2. The summed E-state index contributed by atoms with van der Waals surface area (Å²) in [4.78, 5) is 4.91. The molecule has 158 valence electrons. The van der Waals surface area contributed by atoms with Crippen LogP contribution in [0.2, 0.25) is 0 Å². The first-order valence-corrected chi connectivity index (χ1v) is 10.3. The number of aliphatic hydroxyl groups is 1. The zero-order valence-corrected chi connectivity index (χ0v) is 17.5. The summed E-state index contributed by atoms with van der Waals surface area (Å²) in [5.41, 5.74) is 1.94. The molecule has 29 heavy (non-hydrogen) atoms. The summed E-state index contributed by atoms with van der Waals surface area (Å²) in [6.07, 6.45) is 2.09. The minimum atomic E-state index is -0.0526. The number of unbranched alkanes of at least 4 members (excludes halogenated alkanes) is 1. The largest absolute Gasteiger partial charge is 0.497 e. The van der Waals surface area contributed by atoms with Crippen LogP contribution in [0.15, 0.2) is 42.5 Å². The van der Waals surface area contributed by atoms with Crippen molar-refractivity contribution in [3.63, 3.8) is 0 Å². The topological polar surface area (TPSA) is 54.4 Å². The van der Waals surface area contributed by atoms with Crippen LogP contribution in [0.25, 0.3) is 0 Å². The maximum atomic E-state index is 9.49. The number of aliphatic hydroxyl groups excluding tert-OH is 1. The Morgan fingerprint density at radius 2 is 1.69 bits per heavy atom. The van der Waals surface area contributed by atoms with Gasteiger partial charge in [-0.15, -0.1) is 0 Å². The van der Waals surface area contributed by atoms with E-state index in [4.69, 9.17) is 14.2 Å². The van der Waals surface area contributed by atoms with Crippen LogP contribution in [-0.4, -0.2) is 63.6 Å². The van der Waals surface area contributed by atoms with Gasteiger partial charge in [-0.25, -0.2) is 0 Å². The van der Waals surface area contributed by atoms with Crippen LogP contribution in [-0.2, 0) is 6.61 Å². The second-order valence-electron chi connectivity index (χ2n) is 7.19. The van der Waals surface area contributed by atoms with E-state index >= 15 is 0 Å². The molecule has 0 radical (unpaired) electrons. The third-order valence-corrected chi connectivity index (χ3v) is 5.36. The van der Waals surface area contributed by atoms with Gasteiger partial charge in [0.15, 0.2) is 0 Å². The summed E-state index contributed by atoms with van der Waals surface area (Å²) in [5, 5.41) is 9.49. The highest BCUT2D eigenvalue weighted by Crippen LogP contribution is 2.28. The van der Waals surface area contributed by atoms with Gasteiger partial charge < -0.3 is 24.2 Å². The average Bonchev–Trinajstić information content (AvgIpc) is 2.79. The van der Waals surface area contributed by atoms with Crippen LogP contribution < -0.4 is 19.1 Å². The Morgan fingerprint density at radius 3 is 2.41 bits per heavy atom. The van der Waals surface area contributed by atoms with E-state index in [1.54, 1.807) is 14.2 Å². The Labute approximate surface area is 173 Å². The lowest BCUT2D eigenvalue weighted by molar-refractivity contribution is 0.233. The van der Waals surface area contributed by atoms with Gasteiger partial charge in [0.2, 0.25) is 0 Å². The second kappa shape index (κ2) is 10.9. The van der Waals surface area contributed by atoms with Crippen molar-refractivity contribution in [3.05, 3.63) is 48.0 Å². The van der Waals surface area contributed by atoms with Gasteiger partial charge in [0.25, 0.3) is 0 Å². The number of rotatable bonds is 10. The lowest BCUT2D eigenvalue weighted by atomic mass is 10.2. The summed E-state index contributed by atoms with van der Waals surface area (Å²) >= 11 is 0. The number of piperazine rings is 1. The number of nitrogens with zero attached hydrogens (tertiary/aromatic N) is 2. The maximum absolute atomic E-state index is 9.49. The van der Waals surface area contributed by atoms with Crippen LogP contribution in [0.3, 0.4) is 0 Å². The van der Waals surface area contributed by atoms with E-state index in [2.05, 4.69) is 21.9 Å². The SMILES string of the molecule is COc1ccc(OCCCCN2CCN(c3ccccc3OC)CC2)c(CO)c1. The maximum Gasteiger partial charge on any atom is 0.142 e. The predicted octanol–water partition coefficient (Wildman–Crippen LogP) is 3.18. The first-order chi connectivity index (χ1) is 14.2. The van der Waals surface area contributed by atoms with E-state index in [9.17, 15) is 5.11 Å². The molecule has 6 nitrogen and oxygen atoms in total. The van der Waals surface area contributed by atoms with Crippen LogP contribution in [0.4, 0.5) is 5.69 Å². The van der Waals surface area contributed by atoms with Gasteiger partial charge in [-0.05, 0) is 49.7 Å². The fraction of sp³-hybridized carbons (Fsp3) is 0.478. The predicted molar refractivity (Wildman–Crippen MR) is 115 cm³/mol. The molecule has 1 fully saturated rings. The van der Waals surface area contributed by atoms with Gasteiger partial charge >= 0.3 is 0 Å². The number of methoxy groups -OCH3 is 2. The van der Waals surface area contributed by atoms with Gasteiger partial charge in [-0.2, -0.15) is 0 Å². The van der Waals surface area contributed by atoms with Crippen molar-refractivity contribution in [2.75, 3.05) is 58.5 Å². The molecule has 1 saturated heterocycles. The molecule has 0 saturated carbocycles. The highest BCUT2D eigenvalue weighted by Gasteiger charge is 2.19. The molecule has 1 aliphatic rings. The molecule has 0 aromatic heterocycles. The summed E-state index contributed by atoms with van der Waals surface area (Å²) < 4.78 is 16.5. The highest BCUT2D eigenvalue weighted by atomic mass is 16.5. The zero-order valence-electron chi connectivity index (χ0n) is 17.5. The Hall–Kier alpha value is -2.44. The van der Waals surface area contributed by atoms with Gasteiger partial charge in [0.05, 0.1) is 33.1 Å². The molecule has 0 amide bonds. The zero-order chi connectivity index (χ0) is 20.5. The molecule has 0 unspecified atom stereocenters. The summed E-state index contributed by atoms with van der Waals surface area (Å²) in [5.74, 6) is 2.41. The highest BCUT2D eigenvalue weighted by molar-refractivity contribution is 5.58. The van der Waals surface area contributed by atoms with Crippen molar-refractivity contribution in [2.24, 2.45) is 0 Å². The molecular formula is C23H32N2O4. The smallest absolute Gasteiger partial charge is 0.142 e. The Balaban J connectivity index is 1.36. The van der Waals surface area contributed by atoms with Crippen molar-refractivity contribution in [2.45, 2.75) is 19.4 Å². The van der Waals surface area contributed by atoms with E-state index in [1.807, 2.05) is 30.3 Å². The first kappa shape index (κ1) is 21.3. The average molecular weight is 401 g/mol. The quantitative estimate of drug-likeness (QED) is 0.618. The fourth-order valence-corrected chi connectivity index (χ4v) is 3.67. The molecule has 0 bridgehead atoms. The van der Waals surface area contributed by atoms with Crippen LogP contribution in [0, 0.1) is 0 Å². The van der Waals surface area contributed by atoms with E-state index in [0.29, 0.717) is 6.61 Å². The number of hydrogen-bond acceptors (Lipinski definition) is 6. The summed E-state index contributed by atoms with van der Waals surface area (Å²) in [6.45, 7) is 5.84. The molecule has 2 aromatic rings. The fourth-order valence-electron chi connectivity index (χ4n) is 3.67. The Kier molecular flexibility index (Phi) is 8.02. The molecule has 1 aliphatic heterocycles. The van der Waals surface area contributed by atoms with Crippen molar-refractivity contribution in [1.82, 2.24) is 4.90 Å². The molecule has 0 aliphatic carbocycles. The van der Waals surface area contributed by atoms with Crippen molar-refractivity contribution in [1.29, 1.82) is 0 Å². The lowest BCUT2D eigenvalue weighted by Gasteiger charge is -2.36. The molecule has 3 rings (SSSR count). The third kappa shape index (κ3) is 5.78. The van der Waals surface area contributed by atoms with Crippen LogP contribution >= 0.6 is 0 Å². The second-order valence-corrected chi connectivity index (χ2v) is 7.19. The minimum Gasteiger partial charge on any atom is -0.497 e. The van der Waals surface area contributed by atoms with E-state index < -0.39 is 0 Å². The van der Waals surface area contributed by atoms with Crippen molar-refractivity contribution >= 4 is 5.69 Å². The molecule has 2 aromatic carbocycles. The molecule has 1 N–H and O–H groups in total. The Morgan fingerprint density at radius 1 is 0.897 bits per heavy atom. The van der Waals surface area contributed by atoms with Gasteiger partial charge in [0.1, 0.15) is 17.2 Å². The molecule has 1 heterocycles. The normalized spacial score (nSPS) is 14.7. The van der Waals surface area contributed by atoms with E-state index in [0.717, 1.165) is 68.4 Å². The van der Waals surface area contributed by atoms with E-state index in [1.165, 1.54) is 5.69 Å². The molecule has 0 atom stereocenters. The van der Waals surface area contributed by atoms with Gasteiger partial charge in [-0.1, -0.05) is 12.1 Å². The van der Waals surface area contributed by atoms with E-state index in [-0.39, 0.29) is 6.61 Å². The van der Waals surface area contributed by atoms with Crippen LogP contribution in [0.5, 0.6) is 17.2 Å². The molecular weight excluding hydrogens is 368 g/mol. The first-order valence-electron chi connectivity index (χ1n) is 10.3. The third-order valence-electron chi connectivity index (χ3n) is 5.36. The number of para-hydroxylation sites is 2. The standard InChI is InChI=1S/C23H32N2O4/c1-27-20-9-10-22(19(17-20)18-26)29-16-6-5-11-24-12-14-25(15-13-24)21-7-3-4-8-23(21)28-2/h3-4,7-10,17,26H,5-6,11-16,18H2,1-2H3. The van der Waals surface area contributed by atoms with Gasteiger partial charge in [0, 0.05) is 31.7 Å². The number of anilines is 1. The summed E-state index contributed by atoms with van der Waals surface area (Å²) in [6, 6.07) is 13.8. The molecule has 0 spiro atoms. The van der Waals surface area contributed by atoms with Crippen molar-refractivity contribution < 1.29 is 19.3 Å². The Bertz CT molecular complexity index is 760. The monoisotopic (exact) mass is 400 g/mol. The number of hydrogen-bond donors (Lipinski definition) is 1. The van der Waals surface area contributed by atoms with Crippen LogP contribution in [0.1, 0.15) is 18.4 Å². The minimum absolute atomic E-state index is 0.0526. The van der Waals surface area contributed by atoms with Crippen molar-refractivity contribution in [3.8, 4) is 17.2 Å². The summed E-state index contributed by atoms with van der Waals surface area (Å²) in [7, 11) is 3.35. The molecule has 6 heteroatoms. The van der Waals surface area contributed by atoms with Gasteiger partial charge in [-0.3, -0.25) is 4.90 Å².